The number of allylic oxidation sites excluding steroid dienone is 4. The lowest BCUT2D eigenvalue weighted by Gasteiger charge is -2.34. The average molecular weight is 1670 g/mol. The van der Waals surface area contributed by atoms with Crippen molar-refractivity contribution in [3.63, 3.8) is 0 Å². The number of alkyl halides is 6. The van der Waals surface area contributed by atoms with Crippen molar-refractivity contribution in [2.75, 3.05) is 40.7 Å². The summed E-state index contributed by atoms with van der Waals surface area (Å²) in [7, 11) is -5.69. The standard InChI is InChI=1S/2C42H54F3N3O9S/c2*1-25-9-7-8-10-28-21-42(28,38(52)47-58(53,54)41(24-43)14-15-41)22-34(49)33-19-30(56-36-31-12-11-29(55-6)18-27(31)13-16-46-36)23-48(33)37(51)32(26(2)17-25)20-35(50)57-39(3,4)40(5,44)45/h2*8,10-13,16,18,25-26,28,30,32-33H,7,9,14-15,17,19-24H2,1-6H3,(H,47,52)/b2*10-8-/t25-,26+,28+,30+,32-,33-,42+;25-,26-,28-,30-,32+,33+,42-/m01/s1. The minimum absolute atomic E-state index is 0.0166. The summed E-state index contributed by atoms with van der Waals surface area (Å²) < 4.78 is 173. The molecule has 8 aliphatic rings. The van der Waals surface area contributed by atoms with Crippen LogP contribution in [0.4, 0.5) is 26.3 Å². The minimum atomic E-state index is -4.39. The number of carbonyl (C=O) groups is 8. The Kier molecular flexibility index (Phi) is 25.7. The summed E-state index contributed by atoms with van der Waals surface area (Å²) in [6.45, 7) is 10.8. The first-order chi connectivity index (χ1) is 54.3. The van der Waals surface area contributed by atoms with Gasteiger partial charge in [0, 0.05) is 62.7 Å². The molecule has 4 saturated carbocycles. The molecule has 6 heterocycles. The highest BCUT2D eigenvalue weighted by Gasteiger charge is 2.66. The molecule has 24 nitrogen and oxygen atoms in total. The predicted octanol–water partition coefficient (Wildman–Crippen LogP) is 13.0. The van der Waals surface area contributed by atoms with Gasteiger partial charge in [-0.25, -0.2) is 53.1 Å². The number of Topliss-reactive ketones (excluding diaryl/α,β-unsaturated/α-hetero) is 2. The number of esters is 2. The fourth-order valence-corrected chi connectivity index (χ4v) is 19.6. The minimum Gasteiger partial charge on any atom is -0.497 e. The fourth-order valence-electron chi connectivity index (χ4n) is 16.7. The smallest absolute Gasteiger partial charge is 0.307 e. The number of methoxy groups -OCH3 is 2. The zero-order chi connectivity index (χ0) is 84.8. The summed E-state index contributed by atoms with van der Waals surface area (Å²) >= 11 is 0. The number of rotatable bonds is 22. The number of ether oxygens (including phenoxy) is 6. The number of nitrogens with one attached hydrogen (secondary N) is 2. The van der Waals surface area contributed by atoms with Crippen molar-refractivity contribution in [1.82, 2.24) is 29.2 Å². The summed E-state index contributed by atoms with van der Waals surface area (Å²) in [5.41, 5.74) is -7.25. The van der Waals surface area contributed by atoms with Gasteiger partial charge in [0.05, 0.1) is 74.9 Å². The number of carbonyl (C=O) groups excluding carboxylic acids is 8. The Bertz CT molecular complexity index is 4430. The number of hydrogen-bond acceptors (Lipinski definition) is 20. The van der Waals surface area contributed by atoms with E-state index in [0.717, 1.165) is 38.5 Å². The van der Waals surface area contributed by atoms with Crippen LogP contribution in [-0.4, -0.2) is 181 Å². The lowest BCUT2D eigenvalue weighted by Crippen LogP contribution is -2.49. The number of nitrogens with zero attached hydrogens (tertiary/aromatic N) is 4. The van der Waals surface area contributed by atoms with Crippen LogP contribution in [0.1, 0.15) is 185 Å². The largest absolute Gasteiger partial charge is 0.497 e. The molecule has 0 unspecified atom stereocenters. The maximum Gasteiger partial charge on any atom is 0.307 e. The highest BCUT2D eigenvalue weighted by atomic mass is 32.2. The van der Waals surface area contributed by atoms with Gasteiger partial charge in [-0.3, -0.25) is 47.8 Å². The first kappa shape index (κ1) is 88.4. The third-order valence-corrected chi connectivity index (χ3v) is 29.9. The molecule has 2 N–H and O–H groups in total. The van der Waals surface area contributed by atoms with Crippen LogP contribution >= 0.6 is 0 Å². The lowest BCUT2D eigenvalue weighted by atomic mass is 9.82. The number of fused-ring (bicyclic) bond motifs is 6. The third kappa shape index (κ3) is 18.8. The van der Waals surface area contributed by atoms with Crippen molar-refractivity contribution in [2.45, 2.75) is 242 Å². The molecule has 4 aliphatic heterocycles. The van der Waals surface area contributed by atoms with Gasteiger partial charge < -0.3 is 38.2 Å². The van der Waals surface area contributed by atoms with E-state index in [9.17, 15) is 81.5 Å². The molecule has 0 radical (unpaired) electrons. The molecule has 116 heavy (non-hydrogen) atoms. The van der Waals surface area contributed by atoms with Crippen LogP contribution in [0.5, 0.6) is 23.3 Å². The molecule has 4 aliphatic carbocycles. The van der Waals surface area contributed by atoms with Crippen LogP contribution < -0.4 is 28.4 Å². The number of pyridine rings is 2. The van der Waals surface area contributed by atoms with Crippen molar-refractivity contribution in [3.05, 3.63) is 85.2 Å². The Hall–Kier alpha value is -8.42. The Labute approximate surface area is 673 Å². The van der Waals surface area contributed by atoms with E-state index in [2.05, 4.69) is 19.4 Å². The second-order valence-electron chi connectivity index (χ2n) is 35.1. The number of amides is 4. The predicted molar refractivity (Wildman–Crippen MR) is 416 cm³/mol. The zero-order valence-electron chi connectivity index (χ0n) is 67.8. The molecule has 14 atom stereocenters. The Morgan fingerprint density at radius 2 is 0.905 bits per heavy atom. The van der Waals surface area contributed by atoms with Gasteiger partial charge in [-0.05, 0) is 200 Å². The molecular weight excluding hydrogens is 1560 g/mol. The van der Waals surface area contributed by atoms with Gasteiger partial charge in [-0.2, -0.15) is 0 Å². The zero-order valence-corrected chi connectivity index (χ0v) is 69.4. The van der Waals surface area contributed by atoms with E-state index in [-0.39, 0.29) is 88.1 Å². The molecule has 636 valence electrons. The van der Waals surface area contributed by atoms with E-state index in [1.54, 1.807) is 75.1 Å². The van der Waals surface area contributed by atoms with Crippen LogP contribution in [-0.2, 0) is 67.9 Å². The van der Waals surface area contributed by atoms with Crippen molar-refractivity contribution in [1.29, 1.82) is 0 Å². The molecule has 0 spiro atoms. The Morgan fingerprint density at radius 3 is 1.23 bits per heavy atom. The van der Waals surface area contributed by atoms with Crippen molar-refractivity contribution in [2.24, 2.45) is 58.2 Å². The van der Waals surface area contributed by atoms with Crippen LogP contribution in [0, 0.1) is 58.2 Å². The second kappa shape index (κ2) is 33.8. The van der Waals surface area contributed by atoms with Crippen LogP contribution in [0.2, 0.25) is 0 Å². The van der Waals surface area contributed by atoms with Gasteiger partial charge in [0.15, 0.2) is 22.8 Å². The van der Waals surface area contributed by atoms with E-state index in [1.807, 2.05) is 52.0 Å². The quantitative estimate of drug-likeness (QED) is 0.0419. The number of sulfonamides is 2. The Balaban J connectivity index is 0.000000228. The first-order valence-electron chi connectivity index (χ1n) is 39.9. The number of halogens is 6. The molecule has 12 rings (SSSR count). The fraction of sp³-hybridized carbons (Fsp3) is 0.643. The lowest BCUT2D eigenvalue weighted by molar-refractivity contribution is -0.197. The van der Waals surface area contributed by atoms with Crippen LogP contribution in [0.15, 0.2) is 85.2 Å². The topological polar surface area (TPSA) is 317 Å². The highest BCUT2D eigenvalue weighted by Crippen LogP contribution is 2.60. The van der Waals surface area contributed by atoms with Crippen molar-refractivity contribution in [3.8, 4) is 23.3 Å². The summed E-state index contributed by atoms with van der Waals surface area (Å²) in [4.78, 5) is 125. The van der Waals surface area contributed by atoms with E-state index < -0.39 is 209 Å². The maximum atomic E-state index is 14.9. The SMILES string of the molecule is COc1ccc2c(O[C@@H]3C[C@H]4C(=O)C[C@]5(C(=O)NS(=O)(=O)C6(CF)CC6)C[C@H]5/C=C\CC[C@@H](C)C[C@@H](C)[C@H](CC(=O)OC(C)(C)C(C)(F)F)C(=O)N4C3)nccc2c1.COc1ccc2c(O[C@@H]3C[C@H]4C(=O)C[C@]5(C(=O)NS(=O)(=O)C6(CF)CC6)C[C@H]5/C=C\CC[C@H](C)C[C@@H](C)[C@H](CC(=O)OC(C)(C)C(C)(F)F)C(=O)N4C3)nccc2c1. The number of benzene rings is 2. The molecule has 2 aromatic heterocycles. The van der Waals surface area contributed by atoms with Gasteiger partial charge in [0.1, 0.15) is 46.6 Å². The summed E-state index contributed by atoms with van der Waals surface area (Å²) in [6, 6.07) is 11.9. The first-order valence-corrected chi connectivity index (χ1v) is 42.9. The summed E-state index contributed by atoms with van der Waals surface area (Å²) in [6.07, 6.45) is 11.2. The molecule has 2 saturated heterocycles. The van der Waals surface area contributed by atoms with Gasteiger partial charge in [-0.1, -0.05) is 52.0 Å². The highest BCUT2D eigenvalue weighted by molar-refractivity contribution is 7.92. The van der Waals surface area contributed by atoms with Gasteiger partial charge >= 0.3 is 11.9 Å². The van der Waals surface area contributed by atoms with E-state index in [0.29, 0.717) is 74.6 Å². The number of ketones is 2. The third-order valence-electron chi connectivity index (χ3n) is 25.7. The van der Waals surface area contributed by atoms with Crippen LogP contribution in [0.25, 0.3) is 21.5 Å². The molecule has 4 aromatic rings. The Morgan fingerprint density at radius 1 is 0.543 bits per heavy atom. The maximum absolute atomic E-state index is 14.9. The van der Waals surface area contributed by atoms with Gasteiger partial charge in [0.2, 0.25) is 55.4 Å². The van der Waals surface area contributed by atoms with E-state index >= 15 is 0 Å². The summed E-state index contributed by atoms with van der Waals surface area (Å²) in [5, 5.41) is 2.83. The van der Waals surface area contributed by atoms with Crippen molar-refractivity contribution >= 4 is 88.7 Å². The normalized spacial score (nSPS) is 29.6. The number of hydrogen-bond donors (Lipinski definition) is 2. The number of aromatic nitrogens is 2. The van der Waals surface area contributed by atoms with Gasteiger partial charge in [0.25, 0.3) is 11.8 Å². The van der Waals surface area contributed by atoms with E-state index in [1.165, 1.54) is 9.80 Å². The van der Waals surface area contributed by atoms with Crippen LogP contribution in [0.3, 0.4) is 0 Å². The second-order valence-corrected chi connectivity index (χ2v) is 39.3. The molecule has 0 bridgehead atoms. The monoisotopic (exact) mass is 1670 g/mol. The van der Waals surface area contributed by atoms with E-state index in [4.69, 9.17) is 28.4 Å². The van der Waals surface area contributed by atoms with Gasteiger partial charge in [-0.15, -0.1) is 0 Å². The molecule has 32 heteroatoms. The molecular formula is C84H108F6N6O18S2. The average Bonchev–Trinajstić information content (AvgIpc) is 1.56. The molecule has 6 fully saturated rings. The van der Waals surface area contributed by atoms with Crippen molar-refractivity contribution < 1.29 is 110 Å². The summed E-state index contributed by atoms with van der Waals surface area (Å²) in [5.74, 6) is -14.9. The molecule has 4 amide bonds. The molecule has 2 aromatic carbocycles.